The number of cyclic esters (lactones) is 1. The molecule has 39 heavy (non-hydrogen) atoms. The van der Waals surface area contributed by atoms with E-state index in [0.29, 0.717) is 34.8 Å². The normalized spacial score (nSPS) is 18.2. The minimum atomic E-state index is -0.910. The molecule has 202 valence electrons. The van der Waals surface area contributed by atoms with Gasteiger partial charge in [-0.1, -0.05) is 37.3 Å². The molecule has 0 radical (unpaired) electrons. The van der Waals surface area contributed by atoms with Crippen LogP contribution in [0.4, 0.5) is 4.79 Å². The topological polar surface area (TPSA) is 102 Å². The number of carbonyl (C=O) groups excluding carboxylic acids is 2. The van der Waals surface area contributed by atoms with Crippen molar-refractivity contribution in [2.24, 2.45) is 5.10 Å². The number of benzene rings is 2. The van der Waals surface area contributed by atoms with Gasteiger partial charge in [-0.3, -0.25) is 9.78 Å². The van der Waals surface area contributed by atoms with Gasteiger partial charge in [0.15, 0.2) is 17.7 Å². The number of methoxy groups -OCH3 is 1. The second kappa shape index (κ2) is 12.0. The predicted molar refractivity (Wildman–Crippen MR) is 146 cm³/mol. The molecule has 2 amide bonds. The maximum absolute atomic E-state index is 13.3. The molecule has 2 atom stereocenters. The van der Waals surface area contributed by atoms with E-state index in [2.05, 4.69) is 10.3 Å². The first-order valence-electron chi connectivity index (χ1n) is 13.3. The standard InChI is InChI=1S/C30H32N4O5/c1-3-24-27(21-15-16-25(37-2)26(18-21)38-23-13-7-8-14-23)33-34(30(36)39-24)28(20-10-5-4-6-11-20)32-29(35)22-12-9-17-31-19-22/h4-6,9-12,15-19,23-24,28H,3,7-8,13-14H2,1-2H3,(H,32,35). The molecule has 2 heterocycles. The summed E-state index contributed by atoms with van der Waals surface area (Å²) in [6.45, 7) is 1.93. The molecular formula is C30H32N4O5. The van der Waals surface area contributed by atoms with Gasteiger partial charge in [0.05, 0.1) is 18.8 Å². The van der Waals surface area contributed by atoms with E-state index in [4.69, 9.17) is 19.3 Å². The number of nitrogens with zero attached hydrogens (tertiary/aromatic N) is 3. The van der Waals surface area contributed by atoms with Crippen molar-refractivity contribution < 1.29 is 23.8 Å². The van der Waals surface area contributed by atoms with Crippen molar-refractivity contribution >= 4 is 17.7 Å². The van der Waals surface area contributed by atoms with E-state index in [1.54, 1.807) is 25.4 Å². The molecule has 9 nitrogen and oxygen atoms in total. The molecule has 0 spiro atoms. The van der Waals surface area contributed by atoms with Gasteiger partial charge in [0.2, 0.25) is 0 Å². The van der Waals surface area contributed by atoms with Gasteiger partial charge in [-0.05, 0) is 68.0 Å². The molecule has 1 aliphatic heterocycles. The molecule has 5 rings (SSSR count). The number of aromatic nitrogens is 1. The lowest BCUT2D eigenvalue weighted by atomic mass is 10.0. The van der Waals surface area contributed by atoms with Crippen LogP contribution in [-0.2, 0) is 4.74 Å². The third-order valence-corrected chi connectivity index (χ3v) is 6.93. The maximum Gasteiger partial charge on any atom is 0.433 e. The van der Waals surface area contributed by atoms with E-state index in [0.717, 1.165) is 31.2 Å². The molecule has 3 aromatic rings. The smallest absolute Gasteiger partial charge is 0.433 e. The zero-order valence-corrected chi connectivity index (χ0v) is 22.1. The molecule has 0 saturated heterocycles. The number of amides is 2. The monoisotopic (exact) mass is 528 g/mol. The number of hydrazone groups is 1. The highest BCUT2D eigenvalue weighted by molar-refractivity contribution is 6.06. The number of ether oxygens (including phenoxy) is 3. The summed E-state index contributed by atoms with van der Waals surface area (Å²) in [6, 6.07) is 18.1. The second-order valence-electron chi connectivity index (χ2n) is 9.53. The Hall–Kier alpha value is -4.40. The van der Waals surface area contributed by atoms with Crippen LogP contribution in [0, 0.1) is 0 Å². The molecule has 2 unspecified atom stereocenters. The summed E-state index contributed by atoms with van der Waals surface area (Å²) in [5.74, 6) is 0.873. The number of pyridine rings is 1. The number of nitrogens with one attached hydrogen (secondary N) is 1. The lowest BCUT2D eigenvalue weighted by molar-refractivity contribution is 0.0493. The lowest BCUT2D eigenvalue weighted by Crippen LogP contribution is -2.48. The van der Waals surface area contributed by atoms with Crippen LogP contribution in [0.2, 0.25) is 0 Å². The van der Waals surface area contributed by atoms with Gasteiger partial charge < -0.3 is 19.5 Å². The van der Waals surface area contributed by atoms with Crippen LogP contribution >= 0.6 is 0 Å². The van der Waals surface area contributed by atoms with Gasteiger partial charge in [-0.25, -0.2) is 4.79 Å². The first-order chi connectivity index (χ1) is 19.1. The van der Waals surface area contributed by atoms with Gasteiger partial charge >= 0.3 is 6.09 Å². The molecule has 0 bridgehead atoms. The molecule has 1 N–H and O–H groups in total. The Bertz CT molecular complexity index is 1330. The van der Waals surface area contributed by atoms with E-state index in [1.165, 1.54) is 11.2 Å². The van der Waals surface area contributed by atoms with Crippen LogP contribution in [0.1, 0.15) is 66.7 Å². The Kier molecular flexibility index (Phi) is 8.05. The first kappa shape index (κ1) is 26.2. The van der Waals surface area contributed by atoms with E-state index >= 15 is 0 Å². The van der Waals surface area contributed by atoms with Crippen LogP contribution in [0.3, 0.4) is 0 Å². The number of carbonyl (C=O) groups is 2. The molecule has 2 aliphatic rings. The molecule has 2 aromatic carbocycles. The highest BCUT2D eigenvalue weighted by Gasteiger charge is 2.37. The number of rotatable bonds is 9. The SMILES string of the molecule is CCC1OC(=O)N(C(NC(=O)c2cccnc2)c2ccccc2)N=C1c1ccc(OC)c(OC2CCCC2)c1. The second-order valence-corrected chi connectivity index (χ2v) is 9.53. The third kappa shape index (κ3) is 5.87. The van der Waals surface area contributed by atoms with Gasteiger partial charge in [0.25, 0.3) is 5.91 Å². The van der Waals surface area contributed by atoms with Crippen LogP contribution < -0.4 is 14.8 Å². The number of hydrogen-bond donors (Lipinski definition) is 1. The first-order valence-corrected chi connectivity index (χ1v) is 13.3. The zero-order valence-electron chi connectivity index (χ0n) is 22.1. The zero-order chi connectivity index (χ0) is 27.2. The average molecular weight is 529 g/mol. The van der Waals surface area contributed by atoms with Gasteiger partial charge in [-0.2, -0.15) is 10.1 Å². The van der Waals surface area contributed by atoms with E-state index in [9.17, 15) is 9.59 Å². The van der Waals surface area contributed by atoms with Crippen molar-refractivity contribution in [3.8, 4) is 11.5 Å². The Morgan fingerprint density at radius 3 is 2.59 bits per heavy atom. The Morgan fingerprint density at radius 2 is 1.90 bits per heavy atom. The minimum Gasteiger partial charge on any atom is -0.493 e. The molecule has 1 fully saturated rings. The van der Waals surface area contributed by atoms with Crippen molar-refractivity contribution in [1.82, 2.24) is 15.3 Å². The lowest BCUT2D eigenvalue weighted by Gasteiger charge is -2.34. The van der Waals surface area contributed by atoms with Crippen molar-refractivity contribution in [3.05, 3.63) is 89.7 Å². The van der Waals surface area contributed by atoms with Gasteiger partial charge in [-0.15, -0.1) is 0 Å². The Labute approximate surface area is 227 Å². The summed E-state index contributed by atoms with van der Waals surface area (Å²) in [5, 5.41) is 8.90. The summed E-state index contributed by atoms with van der Waals surface area (Å²) >= 11 is 0. The summed E-state index contributed by atoms with van der Waals surface area (Å²) in [7, 11) is 1.61. The molecule has 1 aliphatic carbocycles. The minimum absolute atomic E-state index is 0.142. The van der Waals surface area contributed by atoms with Crippen LogP contribution in [0.25, 0.3) is 0 Å². The highest BCUT2D eigenvalue weighted by atomic mass is 16.6. The summed E-state index contributed by atoms with van der Waals surface area (Å²) < 4.78 is 17.7. The summed E-state index contributed by atoms with van der Waals surface area (Å²) in [6.07, 6.45) is 5.91. The van der Waals surface area contributed by atoms with Crippen LogP contribution in [0.5, 0.6) is 11.5 Å². The Morgan fingerprint density at radius 1 is 1.10 bits per heavy atom. The van der Waals surface area contributed by atoms with E-state index < -0.39 is 24.3 Å². The van der Waals surface area contributed by atoms with Crippen molar-refractivity contribution in [3.63, 3.8) is 0 Å². The van der Waals surface area contributed by atoms with Crippen molar-refractivity contribution in [1.29, 1.82) is 0 Å². The maximum atomic E-state index is 13.3. The van der Waals surface area contributed by atoms with Gasteiger partial charge in [0, 0.05) is 18.0 Å². The summed E-state index contributed by atoms with van der Waals surface area (Å²) in [4.78, 5) is 30.4. The fraction of sp³-hybridized carbons (Fsp3) is 0.333. The molecule has 1 saturated carbocycles. The van der Waals surface area contributed by atoms with Crippen molar-refractivity contribution in [2.45, 2.75) is 57.4 Å². The quantitative estimate of drug-likeness (QED) is 0.395. The largest absolute Gasteiger partial charge is 0.493 e. The number of hydrogen-bond acceptors (Lipinski definition) is 7. The summed E-state index contributed by atoms with van der Waals surface area (Å²) in [5.41, 5.74) is 2.35. The van der Waals surface area contributed by atoms with Crippen LogP contribution in [0.15, 0.2) is 78.2 Å². The molecule has 9 heteroatoms. The highest BCUT2D eigenvalue weighted by Crippen LogP contribution is 2.34. The van der Waals surface area contributed by atoms with Gasteiger partial charge in [0.1, 0.15) is 11.8 Å². The van der Waals surface area contributed by atoms with Crippen LogP contribution in [-0.4, -0.2) is 47.0 Å². The Balaban J connectivity index is 1.52. The predicted octanol–water partition coefficient (Wildman–Crippen LogP) is 5.48. The molecular weight excluding hydrogens is 496 g/mol. The van der Waals surface area contributed by atoms with Crippen molar-refractivity contribution in [2.75, 3.05) is 7.11 Å². The third-order valence-electron chi connectivity index (χ3n) is 6.93. The van der Waals surface area contributed by atoms with E-state index in [-0.39, 0.29) is 6.10 Å². The average Bonchev–Trinajstić information content (AvgIpc) is 3.50. The molecule has 1 aromatic heterocycles. The fourth-order valence-electron chi connectivity index (χ4n) is 4.88. The van der Waals surface area contributed by atoms with E-state index in [1.807, 2.05) is 55.5 Å². The fourth-order valence-corrected chi connectivity index (χ4v) is 4.88.